The summed E-state index contributed by atoms with van der Waals surface area (Å²) in [7, 11) is 2.57. The van der Waals surface area contributed by atoms with Gasteiger partial charge in [0.25, 0.3) is 0 Å². The lowest BCUT2D eigenvalue weighted by Gasteiger charge is -2.46. The average molecular weight is 785 g/mol. The van der Waals surface area contributed by atoms with Gasteiger partial charge in [0.2, 0.25) is 0 Å². The molecule has 300 valence electrons. The molecule has 0 saturated carbocycles. The first-order chi connectivity index (χ1) is 26.8. The van der Waals surface area contributed by atoms with Gasteiger partial charge in [-0.1, -0.05) is 6.07 Å². The molecule has 3 heterocycles. The summed E-state index contributed by atoms with van der Waals surface area (Å²) < 4.78 is 39.2. The molecule has 3 aromatic carbocycles. The van der Waals surface area contributed by atoms with Crippen LogP contribution in [-0.4, -0.2) is 134 Å². The van der Waals surface area contributed by atoms with Crippen molar-refractivity contribution in [1.82, 2.24) is 0 Å². The molecule has 2 fully saturated rings. The highest BCUT2D eigenvalue weighted by Crippen LogP contribution is 2.46. The number of hydrogen-bond acceptors (Lipinski definition) is 18. The number of phenols is 3. The van der Waals surface area contributed by atoms with Crippen molar-refractivity contribution in [2.75, 3.05) is 27.4 Å². The second kappa shape index (κ2) is 16.8. The fourth-order valence-corrected chi connectivity index (χ4v) is 6.48. The van der Waals surface area contributed by atoms with Crippen LogP contribution in [0.5, 0.6) is 28.7 Å². The number of phenolic OH excluding ortho intramolecular Hbond substituents is 3. The number of rotatable bonds is 11. The molecule has 0 amide bonds. The van der Waals surface area contributed by atoms with Crippen molar-refractivity contribution in [2.24, 2.45) is 0 Å². The van der Waals surface area contributed by atoms with Crippen molar-refractivity contribution in [2.45, 2.75) is 61.2 Å². The zero-order valence-corrected chi connectivity index (χ0v) is 29.7. The third-order valence-corrected chi connectivity index (χ3v) is 9.48. The molecule has 0 aliphatic carbocycles. The number of ether oxygens (including phenoxy) is 6. The zero-order valence-electron chi connectivity index (χ0n) is 29.7. The Morgan fingerprint density at radius 1 is 0.804 bits per heavy atom. The maximum atomic E-state index is 13.5. The van der Waals surface area contributed by atoms with Gasteiger partial charge in [-0.3, -0.25) is 4.79 Å². The van der Waals surface area contributed by atoms with E-state index in [-0.39, 0.29) is 45.3 Å². The predicted octanol–water partition coefficient (Wildman–Crippen LogP) is 0.197. The van der Waals surface area contributed by atoms with Gasteiger partial charge in [0.15, 0.2) is 23.2 Å². The highest BCUT2D eigenvalue weighted by atomic mass is 16.7. The van der Waals surface area contributed by atoms with E-state index in [9.17, 15) is 55.5 Å². The smallest absolute Gasteiger partial charge is 0.330 e. The van der Waals surface area contributed by atoms with Gasteiger partial charge in [-0.05, 0) is 48.0 Å². The third kappa shape index (κ3) is 8.01. The zero-order chi connectivity index (χ0) is 40.4. The lowest BCUT2D eigenvalue weighted by molar-refractivity contribution is -0.342. The van der Waals surface area contributed by atoms with Crippen LogP contribution in [0.4, 0.5) is 0 Å². The van der Waals surface area contributed by atoms with Crippen LogP contribution in [0.1, 0.15) is 17.2 Å². The summed E-state index contributed by atoms with van der Waals surface area (Å²) in [5.74, 6) is -1.70. The van der Waals surface area contributed by atoms with Gasteiger partial charge < -0.3 is 78.8 Å². The van der Waals surface area contributed by atoms with Gasteiger partial charge in [-0.15, -0.1) is 0 Å². The second-order valence-corrected chi connectivity index (χ2v) is 13.0. The van der Waals surface area contributed by atoms with Crippen molar-refractivity contribution in [3.63, 3.8) is 0 Å². The van der Waals surface area contributed by atoms with Crippen LogP contribution in [0.2, 0.25) is 0 Å². The molecule has 0 unspecified atom stereocenters. The van der Waals surface area contributed by atoms with E-state index in [1.54, 1.807) is 0 Å². The Kier molecular flexibility index (Phi) is 12.1. The molecule has 56 heavy (non-hydrogen) atoms. The minimum absolute atomic E-state index is 0.0214. The molecule has 0 radical (unpaired) electrons. The molecular formula is C38H40O18. The van der Waals surface area contributed by atoms with Crippen LogP contribution in [0, 0.1) is 0 Å². The number of aromatic hydroxyl groups is 3. The number of hydrogen-bond donors (Lipinski definition) is 9. The molecular weight excluding hydrogens is 744 g/mol. The monoisotopic (exact) mass is 784 g/mol. The van der Waals surface area contributed by atoms with Gasteiger partial charge in [0.1, 0.15) is 95.5 Å². The van der Waals surface area contributed by atoms with Crippen molar-refractivity contribution in [1.29, 1.82) is 0 Å². The predicted molar refractivity (Wildman–Crippen MR) is 191 cm³/mol. The summed E-state index contributed by atoms with van der Waals surface area (Å²) in [4.78, 5) is 26.0. The van der Waals surface area contributed by atoms with E-state index in [2.05, 4.69) is 0 Å². The fraction of sp³-hybridized carbons (Fsp3) is 0.368. The first kappa shape index (κ1) is 40.4. The fourth-order valence-electron chi connectivity index (χ4n) is 6.48. The molecule has 18 heteroatoms. The number of aliphatic hydroxyl groups excluding tert-OH is 6. The summed E-state index contributed by atoms with van der Waals surface area (Å²) in [6.07, 6.45) is -15.5. The summed E-state index contributed by atoms with van der Waals surface area (Å²) in [6.45, 7) is -1.50. The Balaban J connectivity index is 1.28. The third-order valence-electron chi connectivity index (χ3n) is 9.48. The molecule has 2 saturated heterocycles. The number of carbonyl (C=O) groups is 1. The molecule has 2 aliphatic heterocycles. The summed E-state index contributed by atoms with van der Waals surface area (Å²) in [5, 5.41) is 95.2. The first-order valence-corrected chi connectivity index (χ1v) is 17.1. The maximum absolute atomic E-state index is 13.5. The Labute approximate surface area is 317 Å². The van der Waals surface area contributed by atoms with E-state index < -0.39 is 91.6 Å². The van der Waals surface area contributed by atoms with Crippen molar-refractivity contribution >= 4 is 23.0 Å². The number of benzene rings is 3. The Morgan fingerprint density at radius 2 is 1.50 bits per heavy atom. The summed E-state index contributed by atoms with van der Waals surface area (Å²) >= 11 is 0. The van der Waals surface area contributed by atoms with Crippen LogP contribution < -0.4 is 14.9 Å². The molecule has 10 atom stereocenters. The first-order valence-electron chi connectivity index (χ1n) is 17.1. The van der Waals surface area contributed by atoms with E-state index in [4.69, 9.17) is 32.8 Å². The molecule has 4 aromatic rings. The second-order valence-electron chi connectivity index (χ2n) is 13.0. The van der Waals surface area contributed by atoms with Crippen LogP contribution in [0.25, 0.3) is 28.4 Å². The number of aliphatic hydroxyl groups is 6. The minimum Gasteiger partial charge on any atom is -0.508 e. The maximum Gasteiger partial charge on any atom is 0.330 e. The molecule has 6 rings (SSSR count). The summed E-state index contributed by atoms with van der Waals surface area (Å²) in [6, 6.07) is 12.5. The largest absolute Gasteiger partial charge is 0.508 e. The van der Waals surface area contributed by atoms with Gasteiger partial charge in [0.05, 0.1) is 26.4 Å². The lowest BCUT2D eigenvalue weighted by Crippen LogP contribution is -2.63. The van der Waals surface area contributed by atoms with Crippen LogP contribution in [-0.2, 0) is 23.7 Å². The Bertz CT molecular complexity index is 2110. The molecule has 9 N–H and O–H groups in total. The molecule has 1 aromatic heterocycles. The number of carbonyl (C=O) groups excluding carboxylic acids is 1. The number of fused-ring (bicyclic) bond motifs is 1. The summed E-state index contributed by atoms with van der Waals surface area (Å²) in [5.41, 5.74) is -0.256. The minimum atomic E-state index is -2.00. The topological polar surface area (TPSA) is 285 Å². The Hall–Kier alpha value is -5.28. The highest BCUT2D eigenvalue weighted by Gasteiger charge is 2.52. The standard InChI is InChI=1S/C38H40O18/c1-50-22-11-16(3-9-19(22)41)4-10-27(43)52-15-26-31(45)33(47)35(49)38(55-26)56-37-34(48)30(44)25(14-39)54-36(37)29-23(51-2)13-24-28(32(29)46)20(42)12-21(53-24)17-5-7-18(40)8-6-17/h3-13,25-26,30-31,33-41,44-49H,14-15H2,1-2H3/t25-,26-,30-,31-,33+,34-,35-,36+,37-,38+/m1/s1. The average Bonchev–Trinajstić information content (AvgIpc) is 3.19. The van der Waals surface area contributed by atoms with Gasteiger partial charge >= 0.3 is 5.97 Å². The number of esters is 1. The van der Waals surface area contributed by atoms with Crippen LogP contribution in [0.3, 0.4) is 0 Å². The molecule has 0 bridgehead atoms. The van der Waals surface area contributed by atoms with Crippen LogP contribution >= 0.6 is 0 Å². The molecule has 18 nitrogen and oxygen atoms in total. The normalized spacial score (nSPS) is 28.0. The lowest BCUT2D eigenvalue weighted by atomic mass is 9.89. The van der Waals surface area contributed by atoms with Crippen LogP contribution in [0.15, 0.2) is 69.9 Å². The van der Waals surface area contributed by atoms with Gasteiger partial charge in [0, 0.05) is 23.8 Å². The number of methoxy groups -OCH3 is 2. The Morgan fingerprint density at radius 3 is 2.18 bits per heavy atom. The molecule has 2 aliphatic rings. The quantitative estimate of drug-likeness (QED) is 0.0725. The van der Waals surface area contributed by atoms with Crippen molar-refractivity contribution < 1.29 is 83.6 Å². The van der Waals surface area contributed by atoms with Gasteiger partial charge in [-0.2, -0.15) is 0 Å². The van der Waals surface area contributed by atoms with Crippen molar-refractivity contribution in [3.8, 4) is 40.1 Å². The van der Waals surface area contributed by atoms with Crippen molar-refractivity contribution in [3.05, 3.63) is 82.0 Å². The van der Waals surface area contributed by atoms with E-state index in [1.807, 2.05) is 0 Å². The molecule has 0 spiro atoms. The SMILES string of the molecule is COc1cc(C=CC(=O)OC[C@H]2O[C@@H](O[C@@H]3[C@H](O)[C@H](O)[C@@H](CO)O[C@H]3c3c(OC)cc4oc(-c5ccc(O)cc5)cc(=O)c4c3O)[C@H](O)[C@@H](O)[C@@H]2O)ccc1O. The van der Waals surface area contributed by atoms with Gasteiger partial charge in [-0.25, -0.2) is 4.79 Å². The van der Waals surface area contributed by atoms with E-state index in [1.165, 1.54) is 68.8 Å². The van der Waals surface area contributed by atoms with E-state index >= 15 is 0 Å². The highest BCUT2D eigenvalue weighted by molar-refractivity contribution is 5.88. The van der Waals surface area contributed by atoms with E-state index in [0.29, 0.717) is 11.1 Å². The van der Waals surface area contributed by atoms with E-state index in [0.717, 1.165) is 12.1 Å².